The summed E-state index contributed by atoms with van der Waals surface area (Å²) in [5, 5.41) is 6.42. The van der Waals surface area contributed by atoms with E-state index in [0.29, 0.717) is 28.0 Å². The lowest BCUT2D eigenvalue weighted by molar-refractivity contribution is 0.102. The monoisotopic (exact) mass is 368 g/mol. The molecule has 1 heterocycles. The molecule has 7 heteroatoms. The van der Waals surface area contributed by atoms with E-state index in [1.807, 2.05) is 37.3 Å². The predicted molar refractivity (Wildman–Crippen MR) is 102 cm³/mol. The zero-order valence-corrected chi connectivity index (χ0v) is 15.0. The van der Waals surface area contributed by atoms with E-state index in [-0.39, 0.29) is 5.91 Å². The molecule has 3 rings (SSSR count). The van der Waals surface area contributed by atoms with Crippen molar-refractivity contribution in [2.45, 2.75) is 6.92 Å². The van der Waals surface area contributed by atoms with Crippen molar-refractivity contribution >= 4 is 34.8 Å². The molecule has 0 bridgehead atoms. The Bertz CT molecular complexity index is 929. The number of carbonyl (C=O) groups excluding carboxylic acids is 1. The molecule has 2 N–H and O–H groups in total. The maximum absolute atomic E-state index is 12.3. The minimum absolute atomic E-state index is 0.311. The van der Waals surface area contributed by atoms with Gasteiger partial charge in [0.1, 0.15) is 5.75 Å². The number of anilines is 3. The number of hydrogen-bond acceptors (Lipinski definition) is 5. The van der Waals surface area contributed by atoms with Crippen molar-refractivity contribution in [1.29, 1.82) is 0 Å². The van der Waals surface area contributed by atoms with Crippen molar-refractivity contribution < 1.29 is 9.53 Å². The summed E-state index contributed by atoms with van der Waals surface area (Å²) in [6, 6.07) is 12.8. The van der Waals surface area contributed by atoms with Crippen LogP contribution in [-0.4, -0.2) is 23.0 Å². The van der Waals surface area contributed by atoms with Crippen LogP contribution in [0.2, 0.25) is 5.02 Å². The second-order valence-corrected chi connectivity index (χ2v) is 5.95. The Labute approximate surface area is 156 Å². The Balaban J connectivity index is 1.70. The zero-order valence-electron chi connectivity index (χ0n) is 14.3. The number of nitrogens with zero attached hydrogens (tertiary/aromatic N) is 2. The fourth-order valence-electron chi connectivity index (χ4n) is 2.25. The van der Waals surface area contributed by atoms with Gasteiger partial charge in [-0.3, -0.25) is 4.79 Å². The molecule has 0 aliphatic rings. The highest BCUT2D eigenvalue weighted by molar-refractivity contribution is 6.31. The highest BCUT2D eigenvalue weighted by Crippen LogP contribution is 2.25. The Morgan fingerprint density at radius 2 is 1.85 bits per heavy atom. The standard InChI is InChI=1S/C19H17ClN4O2/c1-12-7-8-14(9-15(12)20)23-18(25)13-10-21-19(22-11-13)24-16-5-3-4-6-17(16)26-2/h3-11H,1-2H3,(H,23,25)(H,21,22,24). The first-order valence-corrected chi connectivity index (χ1v) is 8.24. The summed E-state index contributed by atoms with van der Waals surface area (Å²) in [6.45, 7) is 1.90. The Kier molecular flexibility index (Phi) is 5.34. The lowest BCUT2D eigenvalue weighted by Crippen LogP contribution is -2.13. The van der Waals surface area contributed by atoms with E-state index in [4.69, 9.17) is 16.3 Å². The number of methoxy groups -OCH3 is 1. The normalized spacial score (nSPS) is 10.3. The van der Waals surface area contributed by atoms with Gasteiger partial charge in [-0.05, 0) is 36.8 Å². The number of amides is 1. The van der Waals surface area contributed by atoms with Crippen LogP contribution >= 0.6 is 11.6 Å². The van der Waals surface area contributed by atoms with Gasteiger partial charge >= 0.3 is 0 Å². The topological polar surface area (TPSA) is 76.1 Å². The van der Waals surface area contributed by atoms with E-state index in [2.05, 4.69) is 20.6 Å². The summed E-state index contributed by atoms with van der Waals surface area (Å²) < 4.78 is 5.27. The van der Waals surface area contributed by atoms with Crippen molar-refractivity contribution in [3.8, 4) is 5.75 Å². The van der Waals surface area contributed by atoms with Gasteiger partial charge in [-0.2, -0.15) is 0 Å². The number of aryl methyl sites for hydroxylation is 1. The molecule has 0 saturated heterocycles. The smallest absolute Gasteiger partial charge is 0.258 e. The zero-order chi connectivity index (χ0) is 18.5. The van der Waals surface area contributed by atoms with Crippen LogP contribution in [0.4, 0.5) is 17.3 Å². The number of rotatable bonds is 5. The number of nitrogens with one attached hydrogen (secondary N) is 2. The van der Waals surface area contributed by atoms with E-state index in [1.165, 1.54) is 12.4 Å². The largest absolute Gasteiger partial charge is 0.495 e. The number of halogens is 1. The van der Waals surface area contributed by atoms with E-state index in [9.17, 15) is 4.79 Å². The van der Waals surface area contributed by atoms with Gasteiger partial charge in [0.05, 0.1) is 18.4 Å². The molecule has 0 spiro atoms. The van der Waals surface area contributed by atoms with E-state index >= 15 is 0 Å². The molecule has 3 aromatic rings. The summed E-state index contributed by atoms with van der Waals surface area (Å²) in [5.74, 6) is 0.729. The molecule has 1 aromatic heterocycles. The molecule has 0 saturated carbocycles. The summed E-state index contributed by atoms with van der Waals surface area (Å²) in [5.41, 5.74) is 2.63. The number of carbonyl (C=O) groups is 1. The molecule has 26 heavy (non-hydrogen) atoms. The molecule has 0 radical (unpaired) electrons. The van der Waals surface area contributed by atoms with Gasteiger partial charge < -0.3 is 15.4 Å². The van der Waals surface area contributed by atoms with E-state index in [0.717, 1.165) is 11.3 Å². The fraction of sp³-hybridized carbons (Fsp3) is 0.105. The minimum Gasteiger partial charge on any atom is -0.495 e. The van der Waals surface area contributed by atoms with E-state index < -0.39 is 0 Å². The summed E-state index contributed by atoms with van der Waals surface area (Å²) in [6.07, 6.45) is 2.91. The summed E-state index contributed by atoms with van der Waals surface area (Å²) in [4.78, 5) is 20.7. The molecule has 1 amide bonds. The molecule has 0 aliphatic carbocycles. The molecule has 6 nitrogen and oxygen atoms in total. The van der Waals surface area contributed by atoms with Crippen LogP contribution in [0, 0.1) is 6.92 Å². The molecule has 0 aliphatic heterocycles. The Hall–Kier alpha value is -3.12. The lowest BCUT2D eigenvalue weighted by atomic mass is 10.2. The van der Waals surface area contributed by atoms with Crippen molar-refractivity contribution in [3.05, 3.63) is 71.0 Å². The van der Waals surface area contributed by atoms with Crippen LogP contribution in [0.15, 0.2) is 54.9 Å². The third-order valence-corrected chi connectivity index (χ3v) is 4.10. The molecular formula is C19H17ClN4O2. The molecule has 2 aromatic carbocycles. The maximum atomic E-state index is 12.3. The highest BCUT2D eigenvalue weighted by Gasteiger charge is 2.10. The first-order valence-electron chi connectivity index (χ1n) is 7.86. The highest BCUT2D eigenvalue weighted by atomic mass is 35.5. The van der Waals surface area contributed by atoms with Crippen LogP contribution in [0.25, 0.3) is 0 Å². The average Bonchev–Trinajstić information content (AvgIpc) is 2.66. The Morgan fingerprint density at radius 3 is 2.54 bits per heavy atom. The van der Waals surface area contributed by atoms with Gasteiger partial charge in [-0.25, -0.2) is 9.97 Å². The average molecular weight is 369 g/mol. The van der Waals surface area contributed by atoms with Crippen LogP contribution < -0.4 is 15.4 Å². The van der Waals surface area contributed by atoms with Gasteiger partial charge in [0.25, 0.3) is 5.91 Å². The predicted octanol–water partition coefficient (Wildman–Crippen LogP) is 4.44. The second kappa shape index (κ2) is 7.84. The van der Waals surface area contributed by atoms with Crippen LogP contribution in [0.1, 0.15) is 15.9 Å². The number of hydrogen-bond donors (Lipinski definition) is 2. The molecule has 0 fully saturated rings. The van der Waals surface area contributed by atoms with Gasteiger partial charge in [-0.1, -0.05) is 29.8 Å². The quantitative estimate of drug-likeness (QED) is 0.696. The number of aromatic nitrogens is 2. The molecule has 0 atom stereocenters. The van der Waals surface area contributed by atoms with Crippen molar-refractivity contribution in [3.63, 3.8) is 0 Å². The third kappa shape index (κ3) is 4.10. The van der Waals surface area contributed by atoms with E-state index in [1.54, 1.807) is 19.2 Å². The van der Waals surface area contributed by atoms with Crippen molar-refractivity contribution in [2.24, 2.45) is 0 Å². The molecular weight excluding hydrogens is 352 g/mol. The minimum atomic E-state index is -0.311. The molecule has 132 valence electrons. The summed E-state index contributed by atoms with van der Waals surface area (Å²) >= 11 is 6.07. The van der Waals surface area contributed by atoms with Gasteiger partial charge in [0.2, 0.25) is 5.95 Å². The second-order valence-electron chi connectivity index (χ2n) is 5.54. The Morgan fingerprint density at radius 1 is 1.12 bits per heavy atom. The van der Waals surface area contributed by atoms with Crippen molar-refractivity contribution in [1.82, 2.24) is 9.97 Å². The first kappa shape index (κ1) is 17.7. The SMILES string of the molecule is COc1ccccc1Nc1ncc(C(=O)Nc2ccc(C)c(Cl)c2)cn1. The number of benzene rings is 2. The fourth-order valence-corrected chi connectivity index (χ4v) is 2.43. The summed E-state index contributed by atoms with van der Waals surface area (Å²) in [7, 11) is 1.59. The van der Waals surface area contributed by atoms with Gasteiger partial charge in [0, 0.05) is 23.1 Å². The van der Waals surface area contributed by atoms with Gasteiger partial charge in [-0.15, -0.1) is 0 Å². The van der Waals surface area contributed by atoms with Crippen LogP contribution in [-0.2, 0) is 0 Å². The lowest BCUT2D eigenvalue weighted by Gasteiger charge is -2.10. The number of para-hydroxylation sites is 2. The van der Waals surface area contributed by atoms with Gasteiger partial charge in [0.15, 0.2) is 0 Å². The first-order chi connectivity index (χ1) is 12.6. The maximum Gasteiger partial charge on any atom is 0.258 e. The number of ether oxygens (including phenoxy) is 1. The van der Waals surface area contributed by atoms with Crippen LogP contribution in [0.3, 0.4) is 0 Å². The van der Waals surface area contributed by atoms with Crippen LogP contribution in [0.5, 0.6) is 5.75 Å². The third-order valence-electron chi connectivity index (χ3n) is 3.70. The van der Waals surface area contributed by atoms with Crippen molar-refractivity contribution in [2.75, 3.05) is 17.7 Å². The molecule has 0 unspecified atom stereocenters.